The van der Waals surface area contributed by atoms with Crippen LogP contribution in [0.5, 0.6) is 0 Å². The quantitative estimate of drug-likeness (QED) is 0.631. The summed E-state index contributed by atoms with van der Waals surface area (Å²) in [6.45, 7) is 9.08. The predicted octanol–water partition coefficient (Wildman–Crippen LogP) is 3.05. The summed E-state index contributed by atoms with van der Waals surface area (Å²) >= 11 is 0. The molecule has 1 atom stereocenters. The van der Waals surface area contributed by atoms with Gasteiger partial charge in [0.05, 0.1) is 6.61 Å². The van der Waals surface area contributed by atoms with E-state index in [0.717, 1.165) is 19.4 Å². The number of methoxy groups -OCH3 is 1. The van der Waals surface area contributed by atoms with Gasteiger partial charge in [0.25, 0.3) is 0 Å². The predicted molar refractivity (Wildman–Crippen MR) is 59.4 cm³/mol. The van der Waals surface area contributed by atoms with Gasteiger partial charge in [-0.1, -0.05) is 20.8 Å². The lowest BCUT2D eigenvalue weighted by Gasteiger charge is -2.27. The maximum atomic E-state index is 10.8. The molecule has 0 saturated carbocycles. The van der Waals surface area contributed by atoms with Crippen LogP contribution < -0.4 is 0 Å². The van der Waals surface area contributed by atoms with Crippen LogP contribution in [0.2, 0.25) is 0 Å². The highest BCUT2D eigenvalue weighted by Crippen LogP contribution is 2.27. The van der Waals surface area contributed by atoms with Crippen molar-refractivity contribution in [3.8, 4) is 0 Å². The minimum absolute atomic E-state index is 0.227. The van der Waals surface area contributed by atoms with Gasteiger partial charge in [0.2, 0.25) is 0 Å². The summed E-state index contributed by atoms with van der Waals surface area (Å²) in [4.78, 5) is 10.8. The first kappa shape index (κ1) is 13.6. The van der Waals surface area contributed by atoms with Gasteiger partial charge in [-0.2, -0.15) is 0 Å². The van der Waals surface area contributed by atoms with Gasteiger partial charge in [0, 0.05) is 13.5 Å². The van der Waals surface area contributed by atoms with Crippen molar-refractivity contribution >= 4 is 5.78 Å². The third-order valence-corrected chi connectivity index (χ3v) is 2.43. The third-order valence-electron chi connectivity index (χ3n) is 2.43. The Bertz CT molecular complexity index is 173. The molecule has 1 unspecified atom stereocenters. The Morgan fingerprint density at radius 2 is 2.00 bits per heavy atom. The number of ether oxygens (including phenoxy) is 1. The summed E-state index contributed by atoms with van der Waals surface area (Å²) in [7, 11) is 1.74. The van der Waals surface area contributed by atoms with Crippen LogP contribution in [0.1, 0.15) is 47.0 Å². The summed E-state index contributed by atoms with van der Waals surface area (Å²) in [6.07, 6.45) is 2.83. The molecule has 0 radical (unpaired) electrons. The summed E-state index contributed by atoms with van der Waals surface area (Å²) < 4.78 is 5.17. The molecule has 2 heteroatoms. The molecule has 14 heavy (non-hydrogen) atoms. The lowest BCUT2D eigenvalue weighted by molar-refractivity contribution is -0.117. The highest BCUT2D eigenvalue weighted by Gasteiger charge is 2.20. The van der Waals surface area contributed by atoms with E-state index in [1.165, 1.54) is 0 Å². The molecule has 0 saturated heterocycles. The zero-order chi connectivity index (χ0) is 11.2. The van der Waals surface area contributed by atoms with E-state index < -0.39 is 0 Å². The van der Waals surface area contributed by atoms with Crippen LogP contribution in [-0.4, -0.2) is 19.5 Å². The first-order valence-electron chi connectivity index (χ1n) is 5.36. The topological polar surface area (TPSA) is 26.3 Å². The summed E-state index contributed by atoms with van der Waals surface area (Å²) in [5.74, 6) is 0.894. The molecule has 0 aliphatic rings. The molecule has 2 nitrogen and oxygen atoms in total. The molecule has 0 bridgehead atoms. The molecule has 0 aliphatic carbocycles. The van der Waals surface area contributed by atoms with Crippen molar-refractivity contribution in [2.45, 2.75) is 47.0 Å². The van der Waals surface area contributed by atoms with Crippen LogP contribution in [0.15, 0.2) is 0 Å². The molecule has 0 aromatic carbocycles. The number of Topliss-reactive ketones (excluding diaryl/α,β-unsaturated/α-hetero) is 1. The van der Waals surface area contributed by atoms with Gasteiger partial charge in [-0.05, 0) is 31.1 Å². The molecular weight excluding hydrogens is 176 g/mol. The van der Waals surface area contributed by atoms with Crippen molar-refractivity contribution in [3.63, 3.8) is 0 Å². The number of hydrogen-bond acceptors (Lipinski definition) is 2. The van der Waals surface area contributed by atoms with Gasteiger partial charge in [0.15, 0.2) is 0 Å². The second-order valence-corrected chi connectivity index (χ2v) is 5.15. The van der Waals surface area contributed by atoms with Crippen LogP contribution in [0, 0.1) is 11.3 Å². The maximum Gasteiger partial charge on any atom is 0.129 e. The molecule has 0 rings (SSSR count). The Morgan fingerprint density at radius 1 is 1.43 bits per heavy atom. The third kappa shape index (κ3) is 7.07. The molecule has 0 aromatic heterocycles. The molecule has 0 aliphatic heterocycles. The zero-order valence-corrected chi connectivity index (χ0v) is 10.2. The van der Waals surface area contributed by atoms with Crippen molar-refractivity contribution in [1.29, 1.82) is 0 Å². The SMILES string of the molecule is COCC(C)(C)CC(C)CCC(C)=O. The van der Waals surface area contributed by atoms with Crippen LogP contribution in [-0.2, 0) is 9.53 Å². The Labute approximate surface area is 88.0 Å². The highest BCUT2D eigenvalue weighted by molar-refractivity contribution is 5.75. The van der Waals surface area contributed by atoms with Crippen molar-refractivity contribution in [1.82, 2.24) is 0 Å². The zero-order valence-electron chi connectivity index (χ0n) is 10.2. The lowest BCUT2D eigenvalue weighted by Crippen LogP contribution is -2.21. The molecule has 0 aromatic rings. The maximum absolute atomic E-state index is 10.8. The van der Waals surface area contributed by atoms with E-state index in [-0.39, 0.29) is 5.41 Å². The first-order valence-corrected chi connectivity index (χ1v) is 5.36. The van der Waals surface area contributed by atoms with Crippen molar-refractivity contribution < 1.29 is 9.53 Å². The van der Waals surface area contributed by atoms with E-state index in [1.807, 2.05) is 0 Å². The van der Waals surface area contributed by atoms with Gasteiger partial charge in [0.1, 0.15) is 5.78 Å². The molecule has 0 spiro atoms. The van der Waals surface area contributed by atoms with Gasteiger partial charge < -0.3 is 9.53 Å². The lowest BCUT2D eigenvalue weighted by atomic mass is 9.82. The summed E-state index contributed by atoms with van der Waals surface area (Å²) in [5.41, 5.74) is 0.227. The average molecular weight is 200 g/mol. The molecule has 0 fully saturated rings. The number of carbonyl (C=O) groups is 1. The van der Waals surface area contributed by atoms with Crippen LogP contribution >= 0.6 is 0 Å². The van der Waals surface area contributed by atoms with Crippen LogP contribution in [0.3, 0.4) is 0 Å². The van der Waals surface area contributed by atoms with Gasteiger partial charge in [-0.15, -0.1) is 0 Å². The monoisotopic (exact) mass is 200 g/mol. The van der Waals surface area contributed by atoms with Crippen molar-refractivity contribution in [3.05, 3.63) is 0 Å². The van der Waals surface area contributed by atoms with E-state index >= 15 is 0 Å². The highest BCUT2D eigenvalue weighted by atomic mass is 16.5. The number of carbonyl (C=O) groups excluding carboxylic acids is 1. The fourth-order valence-electron chi connectivity index (χ4n) is 1.94. The summed E-state index contributed by atoms with van der Waals surface area (Å²) in [5, 5.41) is 0. The molecular formula is C12H24O2. The first-order chi connectivity index (χ1) is 6.37. The smallest absolute Gasteiger partial charge is 0.129 e. The average Bonchev–Trinajstić information content (AvgIpc) is 1.99. The number of rotatable bonds is 7. The van der Waals surface area contributed by atoms with Gasteiger partial charge >= 0.3 is 0 Å². The standard InChI is InChI=1S/C12H24O2/c1-10(6-7-11(2)13)8-12(3,4)9-14-5/h10H,6-9H2,1-5H3. The van der Waals surface area contributed by atoms with Gasteiger partial charge in [-0.25, -0.2) is 0 Å². The van der Waals surface area contributed by atoms with E-state index in [4.69, 9.17) is 4.74 Å². The van der Waals surface area contributed by atoms with Crippen LogP contribution in [0.25, 0.3) is 0 Å². The van der Waals surface area contributed by atoms with E-state index in [0.29, 0.717) is 18.1 Å². The second kappa shape index (κ2) is 6.18. The minimum Gasteiger partial charge on any atom is -0.384 e. The Morgan fingerprint density at radius 3 is 2.43 bits per heavy atom. The normalized spacial score (nSPS) is 14.1. The Kier molecular flexibility index (Phi) is 6.01. The number of ketones is 1. The minimum atomic E-state index is 0.227. The van der Waals surface area contributed by atoms with Crippen molar-refractivity contribution in [2.75, 3.05) is 13.7 Å². The fraction of sp³-hybridized carbons (Fsp3) is 0.917. The van der Waals surface area contributed by atoms with E-state index in [2.05, 4.69) is 20.8 Å². The van der Waals surface area contributed by atoms with Crippen molar-refractivity contribution in [2.24, 2.45) is 11.3 Å². The molecule has 84 valence electrons. The van der Waals surface area contributed by atoms with Gasteiger partial charge in [-0.3, -0.25) is 0 Å². The number of hydrogen-bond donors (Lipinski definition) is 0. The Hall–Kier alpha value is -0.370. The molecule has 0 heterocycles. The Balaban J connectivity index is 3.80. The van der Waals surface area contributed by atoms with Crippen LogP contribution in [0.4, 0.5) is 0 Å². The second-order valence-electron chi connectivity index (χ2n) is 5.15. The summed E-state index contributed by atoms with van der Waals surface area (Å²) in [6, 6.07) is 0. The van der Waals surface area contributed by atoms with E-state index in [9.17, 15) is 4.79 Å². The largest absolute Gasteiger partial charge is 0.384 e. The molecule has 0 amide bonds. The van der Waals surface area contributed by atoms with E-state index in [1.54, 1.807) is 14.0 Å². The molecule has 0 N–H and O–H groups in total. The fourth-order valence-corrected chi connectivity index (χ4v) is 1.94.